The van der Waals surface area contributed by atoms with Gasteiger partial charge in [-0.2, -0.15) is 0 Å². The molecule has 0 saturated heterocycles. The molecule has 0 unspecified atom stereocenters. The maximum atomic E-state index is 12.2. The molecule has 0 radical (unpaired) electrons. The molecule has 2 N–H and O–H groups in total. The fourth-order valence-electron chi connectivity index (χ4n) is 1.74. The second-order valence-corrected chi connectivity index (χ2v) is 6.17. The Morgan fingerprint density at radius 3 is 2.52 bits per heavy atom. The standard InChI is InChI=1S/C14H15N3O3S/c1-21(19,20)17-13-8-3-2-7-12(13)14(18)16-10-11-6-4-5-9-15-11/h2-9,17H,10H2,1H3,(H,16,18). The van der Waals surface area contributed by atoms with Gasteiger partial charge < -0.3 is 5.32 Å². The summed E-state index contributed by atoms with van der Waals surface area (Å²) >= 11 is 0. The second-order valence-electron chi connectivity index (χ2n) is 4.42. The highest BCUT2D eigenvalue weighted by Gasteiger charge is 2.13. The molecule has 1 aromatic carbocycles. The Bertz CT molecular complexity index is 730. The topological polar surface area (TPSA) is 88.2 Å². The van der Waals surface area contributed by atoms with Gasteiger partial charge in [-0.25, -0.2) is 8.42 Å². The first-order chi connectivity index (χ1) is 9.96. The number of carbonyl (C=O) groups is 1. The maximum absolute atomic E-state index is 12.2. The van der Waals surface area contributed by atoms with Gasteiger partial charge in [-0.1, -0.05) is 18.2 Å². The predicted octanol–water partition coefficient (Wildman–Crippen LogP) is 1.38. The van der Waals surface area contributed by atoms with E-state index < -0.39 is 10.0 Å². The van der Waals surface area contributed by atoms with Gasteiger partial charge in [-0.15, -0.1) is 0 Å². The van der Waals surface area contributed by atoms with Gasteiger partial charge in [0.15, 0.2) is 0 Å². The van der Waals surface area contributed by atoms with Crippen molar-refractivity contribution in [2.75, 3.05) is 11.0 Å². The van der Waals surface area contributed by atoms with Crippen LogP contribution in [-0.4, -0.2) is 25.6 Å². The molecule has 21 heavy (non-hydrogen) atoms. The molecule has 7 heteroatoms. The highest BCUT2D eigenvalue weighted by Crippen LogP contribution is 2.16. The normalized spacial score (nSPS) is 10.9. The highest BCUT2D eigenvalue weighted by atomic mass is 32.2. The van der Waals surface area contributed by atoms with Gasteiger partial charge in [-0.05, 0) is 24.3 Å². The molecular formula is C14H15N3O3S. The predicted molar refractivity (Wildman–Crippen MR) is 80.3 cm³/mol. The van der Waals surface area contributed by atoms with E-state index in [0.717, 1.165) is 11.9 Å². The molecule has 6 nitrogen and oxygen atoms in total. The first-order valence-electron chi connectivity index (χ1n) is 6.20. The van der Waals surface area contributed by atoms with E-state index >= 15 is 0 Å². The van der Waals surface area contributed by atoms with Gasteiger partial charge in [-0.3, -0.25) is 14.5 Å². The molecule has 1 aromatic heterocycles. The molecule has 2 rings (SSSR count). The Kier molecular flexibility index (Phi) is 4.54. The van der Waals surface area contributed by atoms with Gasteiger partial charge in [0.2, 0.25) is 10.0 Å². The first kappa shape index (κ1) is 15.0. The van der Waals surface area contributed by atoms with Crippen molar-refractivity contribution >= 4 is 21.6 Å². The summed E-state index contributed by atoms with van der Waals surface area (Å²) in [7, 11) is -3.44. The SMILES string of the molecule is CS(=O)(=O)Nc1ccccc1C(=O)NCc1ccccn1. The number of amides is 1. The van der Waals surface area contributed by atoms with Crippen molar-refractivity contribution < 1.29 is 13.2 Å². The van der Waals surface area contributed by atoms with E-state index in [1.165, 1.54) is 6.07 Å². The van der Waals surface area contributed by atoms with Crippen LogP contribution in [-0.2, 0) is 16.6 Å². The Morgan fingerprint density at radius 2 is 1.86 bits per heavy atom. The average molecular weight is 305 g/mol. The molecule has 1 heterocycles. The average Bonchev–Trinajstić information content (AvgIpc) is 2.45. The van der Waals surface area contributed by atoms with Crippen LogP contribution in [0, 0.1) is 0 Å². The van der Waals surface area contributed by atoms with Crippen LogP contribution in [0.2, 0.25) is 0 Å². The van der Waals surface area contributed by atoms with E-state index in [1.807, 2.05) is 6.07 Å². The third-order valence-corrected chi connectivity index (χ3v) is 3.21. The Morgan fingerprint density at radius 1 is 1.14 bits per heavy atom. The lowest BCUT2D eigenvalue weighted by molar-refractivity contribution is 0.0951. The number of hydrogen-bond donors (Lipinski definition) is 2. The summed E-state index contributed by atoms with van der Waals surface area (Å²) in [4.78, 5) is 16.3. The first-order valence-corrected chi connectivity index (χ1v) is 8.10. The summed E-state index contributed by atoms with van der Waals surface area (Å²) in [5, 5.41) is 2.71. The van der Waals surface area contributed by atoms with Crippen molar-refractivity contribution in [3.05, 3.63) is 59.9 Å². The molecule has 0 aliphatic heterocycles. The number of pyridine rings is 1. The number of carbonyl (C=O) groups excluding carboxylic acids is 1. The summed E-state index contributed by atoms with van der Waals surface area (Å²) in [6.45, 7) is 0.271. The molecule has 0 spiro atoms. The minimum absolute atomic E-state index is 0.249. The van der Waals surface area contributed by atoms with Gasteiger partial charge in [0.05, 0.1) is 29.7 Å². The van der Waals surface area contributed by atoms with Gasteiger partial charge in [0.25, 0.3) is 5.91 Å². The smallest absolute Gasteiger partial charge is 0.253 e. The van der Waals surface area contributed by atoms with E-state index in [9.17, 15) is 13.2 Å². The van der Waals surface area contributed by atoms with Gasteiger partial charge in [0, 0.05) is 6.20 Å². The fraction of sp³-hybridized carbons (Fsp3) is 0.143. The summed E-state index contributed by atoms with van der Waals surface area (Å²) < 4.78 is 24.9. The molecule has 110 valence electrons. The molecule has 0 aliphatic carbocycles. The Balaban J connectivity index is 2.12. The molecule has 0 saturated carbocycles. The zero-order chi connectivity index (χ0) is 15.3. The molecule has 2 aromatic rings. The summed E-state index contributed by atoms with van der Waals surface area (Å²) in [5.74, 6) is -0.368. The quantitative estimate of drug-likeness (QED) is 0.873. The van der Waals surface area contributed by atoms with Crippen LogP contribution in [0.15, 0.2) is 48.7 Å². The van der Waals surface area contributed by atoms with Gasteiger partial charge in [0.1, 0.15) is 0 Å². The molecule has 0 fully saturated rings. The van der Waals surface area contributed by atoms with Crippen molar-refractivity contribution in [1.29, 1.82) is 0 Å². The highest BCUT2D eigenvalue weighted by molar-refractivity contribution is 7.92. The van der Waals surface area contributed by atoms with E-state index in [2.05, 4.69) is 15.0 Å². The molecule has 0 bridgehead atoms. The fourth-order valence-corrected chi connectivity index (χ4v) is 2.32. The van der Waals surface area contributed by atoms with E-state index in [0.29, 0.717) is 0 Å². The van der Waals surface area contributed by atoms with Crippen molar-refractivity contribution in [3.8, 4) is 0 Å². The number of aromatic nitrogens is 1. The zero-order valence-corrected chi connectivity index (χ0v) is 12.2. The van der Waals surface area contributed by atoms with Crippen molar-refractivity contribution in [2.24, 2.45) is 0 Å². The van der Waals surface area contributed by atoms with Crippen LogP contribution in [0.25, 0.3) is 0 Å². The third kappa shape index (κ3) is 4.57. The lowest BCUT2D eigenvalue weighted by atomic mass is 10.1. The molecule has 0 aliphatic rings. The number of hydrogen-bond acceptors (Lipinski definition) is 4. The van der Waals surface area contributed by atoms with Crippen LogP contribution in [0.3, 0.4) is 0 Å². The minimum Gasteiger partial charge on any atom is -0.346 e. The monoisotopic (exact) mass is 305 g/mol. The molecule has 0 atom stereocenters. The largest absolute Gasteiger partial charge is 0.346 e. The van der Waals surface area contributed by atoms with Gasteiger partial charge >= 0.3 is 0 Å². The number of para-hydroxylation sites is 1. The maximum Gasteiger partial charge on any atom is 0.253 e. The number of nitrogens with zero attached hydrogens (tertiary/aromatic N) is 1. The van der Waals surface area contributed by atoms with Crippen LogP contribution in [0.4, 0.5) is 5.69 Å². The summed E-state index contributed by atoms with van der Waals surface area (Å²) in [6.07, 6.45) is 2.68. The van der Waals surface area contributed by atoms with E-state index in [4.69, 9.17) is 0 Å². The number of rotatable bonds is 5. The zero-order valence-electron chi connectivity index (χ0n) is 11.4. The molecule has 1 amide bonds. The van der Waals surface area contributed by atoms with Crippen molar-refractivity contribution in [3.63, 3.8) is 0 Å². The lowest BCUT2D eigenvalue weighted by Crippen LogP contribution is -2.25. The number of sulfonamides is 1. The van der Waals surface area contributed by atoms with E-state index in [1.54, 1.807) is 36.5 Å². The van der Waals surface area contributed by atoms with Crippen LogP contribution in [0.1, 0.15) is 16.1 Å². The van der Waals surface area contributed by atoms with Crippen LogP contribution in [0.5, 0.6) is 0 Å². The third-order valence-electron chi connectivity index (χ3n) is 2.62. The van der Waals surface area contributed by atoms with Crippen LogP contribution >= 0.6 is 0 Å². The van der Waals surface area contributed by atoms with E-state index in [-0.39, 0.29) is 23.7 Å². The van der Waals surface area contributed by atoms with Crippen molar-refractivity contribution in [1.82, 2.24) is 10.3 Å². The molecular weight excluding hydrogens is 290 g/mol. The lowest BCUT2D eigenvalue weighted by Gasteiger charge is -2.10. The minimum atomic E-state index is -3.44. The number of benzene rings is 1. The summed E-state index contributed by atoms with van der Waals surface area (Å²) in [6, 6.07) is 11.8. The van der Waals surface area contributed by atoms with Crippen molar-refractivity contribution in [2.45, 2.75) is 6.54 Å². The Hall–Kier alpha value is -2.41. The number of nitrogens with one attached hydrogen (secondary N) is 2. The number of anilines is 1. The Labute approximate surface area is 123 Å². The second kappa shape index (κ2) is 6.36. The van der Waals surface area contributed by atoms with Crippen LogP contribution < -0.4 is 10.0 Å². The summed E-state index contributed by atoms with van der Waals surface area (Å²) in [5.41, 5.74) is 1.23.